The number of nitrogens with zero attached hydrogens (tertiary/aromatic N) is 1. The number of rotatable bonds is 5. The average molecular weight is 425 g/mol. The minimum atomic E-state index is -0.796. The van der Waals surface area contributed by atoms with Crippen molar-refractivity contribution in [3.05, 3.63) is 100 Å². The van der Waals surface area contributed by atoms with Gasteiger partial charge in [0.15, 0.2) is 0 Å². The number of carbonyl (C=O) groups excluding carboxylic acids is 1. The largest absolute Gasteiger partial charge is 0.481 e. The summed E-state index contributed by atoms with van der Waals surface area (Å²) in [5.74, 6) is -0.319. The van der Waals surface area contributed by atoms with Crippen LogP contribution in [-0.2, 0) is 24.2 Å². The maximum Gasteiger partial charge on any atom is 0.303 e. The number of nitrogens with one attached hydrogen (secondary N) is 2. The lowest BCUT2D eigenvalue weighted by Crippen LogP contribution is -2.23. The molecule has 160 valence electrons. The molecule has 0 aliphatic heterocycles. The van der Waals surface area contributed by atoms with Crippen molar-refractivity contribution < 1.29 is 14.7 Å². The number of aromatic amines is 1. The van der Waals surface area contributed by atoms with Crippen LogP contribution in [-0.4, -0.2) is 27.0 Å². The van der Waals surface area contributed by atoms with Crippen LogP contribution >= 0.6 is 0 Å². The molecular weight excluding hydrogens is 402 g/mol. The van der Waals surface area contributed by atoms with E-state index in [9.17, 15) is 14.7 Å². The monoisotopic (exact) mass is 425 g/mol. The summed E-state index contributed by atoms with van der Waals surface area (Å²) in [5, 5.41) is 12.3. The van der Waals surface area contributed by atoms with E-state index in [1.807, 2.05) is 66.7 Å². The number of para-hydroxylation sites is 2. The summed E-state index contributed by atoms with van der Waals surface area (Å²) in [6.07, 6.45) is 1.43. The van der Waals surface area contributed by atoms with Crippen LogP contribution in [0.15, 0.2) is 66.7 Å². The average Bonchev–Trinajstić information content (AvgIpc) is 3.14. The van der Waals surface area contributed by atoms with Crippen molar-refractivity contribution in [2.24, 2.45) is 0 Å². The second-order valence-electron chi connectivity index (χ2n) is 8.24. The van der Waals surface area contributed by atoms with E-state index in [2.05, 4.69) is 15.3 Å². The number of imidazole rings is 1. The molecule has 3 aromatic carbocycles. The quantitative estimate of drug-likeness (QED) is 0.447. The van der Waals surface area contributed by atoms with Gasteiger partial charge in [-0.1, -0.05) is 42.5 Å². The number of H-pyrrole nitrogens is 1. The van der Waals surface area contributed by atoms with Gasteiger partial charge in [0.25, 0.3) is 5.91 Å². The molecule has 1 unspecified atom stereocenters. The molecule has 1 aromatic heterocycles. The molecule has 3 N–H and O–H groups in total. The van der Waals surface area contributed by atoms with Crippen molar-refractivity contribution in [1.29, 1.82) is 0 Å². The molecule has 1 aliphatic carbocycles. The topological polar surface area (TPSA) is 95.1 Å². The number of hydrogen-bond donors (Lipinski definition) is 3. The van der Waals surface area contributed by atoms with Crippen molar-refractivity contribution in [2.45, 2.75) is 31.7 Å². The first-order valence-corrected chi connectivity index (χ1v) is 10.7. The van der Waals surface area contributed by atoms with E-state index in [4.69, 9.17) is 0 Å². The molecule has 32 heavy (non-hydrogen) atoms. The Morgan fingerprint density at radius 3 is 2.66 bits per heavy atom. The second kappa shape index (κ2) is 8.30. The van der Waals surface area contributed by atoms with Crippen molar-refractivity contribution in [1.82, 2.24) is 15.3 Å². The van der Waals surface area contributed by atoms with Crippen LogP contribution < -0.4 is 5.32 Å². The fourth-order valence-electron chi connectivity index (χ4n) is 4.55. The van der Waals surface area contributed by atoms with Crippen LogP contribution in [0.4, 0.5) is 0 Å². The van der Waals surface area contributed by atoms with E-state index in [0.29, 0.717) is 30.8 Å². The van der Waals surface area contributed by atoms with Gasteiger partial charge in [0, 0.05) is 5.56 Å². The number of aliphatic carboxylic acids is 1. The zero-order chi connectivity index (χ0) is 22.1. The minimum absolute atomic E-state index is 0.0716. The third-order valence-corrected chi connectivity index (χ3v) is 6.09. The van der Waals surface area contributed by atoms with Crippen LogP contribution in [0.5, 0.6) is 0 Å². The molecule has 0 saturated carbocycles. The molecule has 1 aliphatic rings. The molecule has 0 saturated heterocycles. The summed E-state index contributed by atoms with van der Waals surface area (Å²) < 4.78 is 0. The highest BCUT2D eigenvalue weighted by atomic mass is 16.4. The van der Waals surface area contributed by atoms with Crippen LogP contribution in [0.25, 0.3) is 11.0 Å². The number of carboxylic acids is 1. The summed E-state index contributed by atoms with van der Waals surface area (Å²) in [6.45, 7) is 0.314. The Morgan fingerprint density at radius 1 is 1.00 bits per heavy atom. The zero-order valence-electron chi connectivity index (χ0n) is 17.5. The Labute approximate surface area is 185 Å². The number of benzene rings is 3. The van der Waals surface area contributed by atoms with Crippen LogP contribution in [0, 0.1) is 0 Å². The first-order chi connectivity index (χ1) is 15.6. The van der Waals surface area contributed by atoms with Crippen molar-refractivity contribution in [3.8, 4) is 0 Å². The smallest absolute Gasteiger partial charge is 0.303 e. The Kier molecular flexibility index (Phi) is 5.19. The van der Waals surface area contributed by atoms with Gasteiger partial charge in [0.2, 0.25) is 0 Å². The van der Waals surface area contributed by atoms with Gasteiger partial charge >= 0.3 is 5.97 Å². The van der Waals surface area contributed by atoms with Gasteiger partial charge in [-0.3, -0.25) is 9.59 Å². The molecule has 5 rings (SSSR count). The highest BCUT2D eigenvalue weighted by Gasteiger charge is 2.24. The van der Waals surface area contributed by atoms with E-state index < -0.39 is 5.97 Å². The Balaban J connectivity index is 1.37. The molecule has 6 nitrogen and oxygen atoms in total. The molecule has 0 bridgehead atoms. The third kappa shape index (κ3) is 3.99. The fourth-order valence-corrected chi connectivity index (χ4v) is 4.55. The first kappa shape index (κ1) is 20.0. The molecule has 0 radical (unpaired) electrons. The summed E-state index contributed by atoms with van der Waals surface area (Å²) in [7, 11) is 0. The van der Waals surface area contributed by atoms with Gasteiger partial charge in [0.1, 0.15) is 5.82 Å². The molecule has 1 amide bonds. The van der Waals surface area contributed by atoms with Gasteiger partial charge in [-0.15, -0.1) is 0 Å². The molecule has 0 spiro atoms. The van der Waals surface area contributed by atoms with E-state index in [1.165, 1.54) is 0 Å². The Hall–Kier alpha value is -3.93. The number of amides is 1. The summed E-state index contributed by atoms with van der Waals surface area (Å²) in [5.41, 5.74) is 6.78. The van der Waals surface area contributed by atoms with Gasteiger partial charge in [-0.25, -0.2) is 4.98 Å². The summed E-state index contributed by atoms with van der Waals surface area (Å²) in [6, 6.07) is 21.5. The minimum Gasteiger partial charge on any atom is -0.481 e. The van der Waals surface area contributed by atoms with Crippen LogP contribution in [0.1, 0.15) is 50.8 Å². The summed E-state index contributed by atoms with van der Waals surface area (Å²) in [4.78, 5) is 32.0. The SMILES string of the molecule is O=C(O)CC1Cc2ccc(C(=O)NCc3nc4ccccc4[nH]3)cc2Cc2ccccc21. The normalized spacial score (nSPS) is 14.9. The molecule has 6 heteroatoms. The fraction of sp³-hybridized carbons (Fsp3) is 0.192. The predicted molar refractivity (Wildman–Crippen MR) is 122 cm³/mol. The number of carbonyl (C=O) groups is 2. The van der Waals surface area contributed by atoms with E-state index in [0.717, 1.165) is 33.3 Å². The highest BCUT2D eigenvalue weighted by Crippen LogP contribution is 2.34. The number of aromatic nitrogens is 2. The van der Waals surface area contributed by atoms with Crippen molar-refractivity contribution in [3.63, 3.8) is 0 Å². The molecule has 0 fully saturated rings. The van der Waals surface area contributed by atoms with Crippen molar-refractivity contribution in [2.75, 3.05) is 0 Å². The maximum absolute atomic E-state index is 12.8. The highest BCUT2D eigenvalue weighted by molar-refractivity contribution is 5.94. The lowest BCUT2D eigenvalue weighted by Gasteiger charge is -2.15. The van der Waals surface area contributed by atoms with Crippen LogP contribution in [0.3, 0.4) is 0 Å². The van der Waals surface area contributed by atoms with Crippen LogP contribution in [0.2, 0.25) is 0 Å². The molecular formula is C26H23N3O3. The summed E-state index contributed by atoms with van der Waals surface area (Å²) >= 11 is 0. The third-order valence-electron chi connectivity index (χ3n) is 6.09. The van der Waals surface area contributed by atoms with E-state index >= 15 is 0 Å². The van der Waals surface area contributed by atoms with E-state index in [1.54, 1.807) is 0 Å². The maximum atomic E-state index is 12.8. The van der Waals surface area contributed by atoms with E-state index in [-0.39, 0.29) is 18.2 Å². The van der Waals surface area contributed by atoms with Gasteiger partial charge in [-0.05, 0) is 65.3 Å². The Bertz CT molecular complexity index is 1290. The van der Waals surface area contributed by atoms with Gasteiger partial charge in [-0.2, -0.15) is 0 Å². The molecule has 1 heterocycles. The zero-order valence-corrected chi connectivity index (χ0v) is 17.5. The molecule has 4 aromatic rings. The molecule has 1 atom stereocenters. The lowest BCUT2D eigenvalue weighted by molar-refractivity contribution is -0.137. The number of fused-ring (bicyclic) bond motifs is 3. The van der Waals surface area contributed by atoms with Gasteiger partial charge < -0.3 is 15.4 Å². The number of hydrogen-bond acceptors (Lipinski definition) is 3. The second-order valence-corrected chi connectivity index (χ2v) is 8.24. The van der Waals surface area contributed by atoms with Gasteiger partial charge in [0.05, 0.1) is 24.0 Å². The van der Waals surface area contributed by atoms with Crippen molar-refractivity contribution >= 4 is 22.9 Å². The Morgan fingerprint density at radius 2 is 1.81 bits per heavy atom. The lowest BCUT2D eigenvalue weighted by atomic mass is 9.89. The standard InChI is InChI=1S/C26H23N3O3/c30-25(31)14-20-11-16-9-10-18(13-19(16)12-17-5-1-2-6-21(17)20)26(32)27-15-24-28-22-7-3-4-8-23(22)29-24/h1-10,13,20H,11-12,14-15H2,(H,27,32)(H,28,29)(H,30,31). The number of carboxylic acid groups (broad SMARTS) is 1. The first-order valence-electron chi connectivity index (χ1n) is 10.7. The predicted octanol–water partition coefficient (Wildman–Crippen LogP) is 4.20.